The van der Waals surface area contributed by atoms with Crippen molar-refractivity contribution in [3.05, 3.63) is 53.6 Å². The van der Waals surface area contributed by atoms with Crippen molar-refractivity contribution in [2.45, 2.75) is 13.8 Å². The molecule has 104 valence electrons. The summed E-state index contributed by atoms with van der Waals surface area (Å²) < 4.78 is 33.0. The van der Waals surface area contributed by atoms with Crippen LogP contribution in [0.5, 0.6) is 5.75 Å². The van der Waals surface area contributed by atoms with Crippen molar-refractivity contribution in [2.24, 2.45) is 0 Å². The molecule has 2 aromatic rings. The molecule has 0 aliphatic carbocycles. The lowest BCUT2D eigenvalue weighted by Crippen LogP contribution is -2.00. The minimum atomic E-state index is -0.720. The maximum atomic E-state index is 14.0. The maximum absolute atomic E-state index is 14.0. The van der Waals surface area contributed by atoms with Crippen LogP contribution in [-0.2, 0) is 0 Å². The Hall–Kier alpha value is -2.23. The predicted molar refractivity (Wildman–Crippen MR) is 73.0 cm³/mol. The molecule has 0 saturated carbocycles. The smallest absolute Gasteiger partial charge is 0.162 e. The Labute approximate surface area is 116 Å². The highest BCUT2D eigenvalue weighted by Crippen LogP contribution is 2.27. The van der Waals surface area contributed by atoms with Gasteiger partial charge in [0.25, 0.3) is 0 Å². The number of Topliss-reactive ketones (excluding diaryl/α,β-unsaturated/α-hetero) is 1. The fourth-order valence-corrected chi connectivity index (χ4v) is 1.94. The number of carbonyl (C=O) groups is 1. The highest BCUT2D eigenvalue weighted by atomic mass is 19.1. The topological polar surface area (TPSA) is 26.3 Å². The van der Waals surface area contributed by atoms with Gasteiger partial charge < -0.3 is 4.74 Å². The van der Waals surface area contributed by atoms with Crippen molar-refractivity contribution in [2.75, 3.05) is 6.61 Å². The number of ether oxygens (including phenoxy) is 1. The Morgan fingerprint density at radius 1 is 1.10 bits per heavy atom. The summed E-state index contributed by atoms with van der Waals surface area (Å²) in [4.78, 5) is 11.2. The number of halogens is 2. The zero-order valence-corrected chi connectivity index (χ0v) is 11.2. The van der Waals surface area contributed by atoms with E-state index in [2.05, 4.69) is 0 Å². The molecule has 0 aliphatic heterocycles. The maximum Gasteiger partial charge on any atom is 0.162 e. The van der Waals surface area contributed by atoms with E-state index in [1.165, 1.54) is 6.92 Å². The number of ketones is 1. The summed E-state index contributed by atoms with van der Waals surface area (Å²) in [5.41, 5.74) is 0.410. The van der Waals surface area contributed by atoms with Crippen molar-refractivity contribution in [3.8, 4) is 16.9 Å². The molecular weight excluding hydrogens is 262 g/mol. The molecule has 2 nitrogen and oxygen atoms in total. The van der Waals surface area contributed by atoms with Gasteiger partial charge >= 0.3 is 0 Å². The number of benzene rings is 2. The van der Waals surface area contributed by atoms with Crippen molar-refractivity contribution in [1.29, 1.82) is 0 Å². The molecule has 0 amide bonds. The minimum Gasteiger partial charge on any atom is -0.494 e. The molecule has 0 heterocycles. The lowest BCUT2D eigenvalue weighted by molar-refractivity contribution is 0.101. The van der Waals surface area contributed by atoms with Gasteiger partial charge in [0.05, 0.1) is 12.2 Å². The van der Waals surface area contributed by atoms with Crippen molar-refractivity contribution < 1.29 is 18.3 Å². The Kier molecular flexibility index (Phi) is 4.13. The van der Waals surface area contributed by atoms with Crippen LogP contribution in [0.3, 0.4) is 0 Å². The first-order valence-electron chi connectivity index (χ1n) is 6.26. The summed E-state index contributed by atoms with van der Waals surface area (Å²) in [5, 5.41) is 0. The second-order valence-electron chi connectivity index (χ2n) is 4.33. The molecule has 0 bridgehead atoms. The molecule has 0 atom stereocenters. The molecule has 2 aromatic carbocycles. The Balaban J connectivity index is 2.42. The van der Waals surface area contributed by atoms with E-state index >= 15 is 0 Å². The summed E-state index contributed by atoms with van der Waals surface area (Å²) in [7, 11) is 0. The molecule has 4 heteroatoms. The van der Waals surface area contributed by atoms with Crippen LogP contribution < -0.4 is 4.74 Å². The monoisotopic (exact) mass is 276 g/mol. The normalized spacial score (nSPS) is 10.4. The lowest BCUT2D eigenvalue weighted by atomic mass is 10.0. The van der Waals surface area contributed by atoms with Crippen molar-refractivity contribution in [3.63, 3.8) is 0 Å². The number of rotatable bonds is 4. The van der Waals surface area contributed by atoms with Gasteiger partial charge in [-0.25, -0.2) is 8.78 Å². The standard InChI is InChI=1S/C16H14F2O2/c1-3-20-12-6-4-11(5-7-12)14-9-15(17)13(10(2)19)8-16(14)18/h4-9H,3H2,1-2H3. The molecule has 0 unspecified atom stereocenters. The first kappa shape index (κ1) is 14.2. The van der Waals surface area contributed by atoms with Crippen molar-refractivity contribution >= 4 is 5.78 Å². The highest BCUT2D eigenvalue weighted by molar-refractivity contribution is 5.94. The van der Waals surface area contributed by atoms with Gasteiger partial charge in [0, 0.05) is 5.56 Å². The summed E-state index contributed by atoms with van der Waals surface area (Å²) in [6.07, 6.45) is 0. The van der Waals surface area contributed by atoms with E-state index in [9.17, 15) is 13.6 Å². The minimum absolute atomic E-state index is 0.121. The largest absolute Gasteiger partial charge is 0.494 e. The van der Waals surface area contributed by atoms with E-state index in [4.69, 9.17) is 4.74 Å². The van der Waals surface area contributed by atoms with E-state index in [0.29, 0.717) is 17.9 Å². The van der Waals surface area contributed by atoms with Crippen LogP contribution in [0.4, 0.5) is 8.78 Å². The van der Waals surface area contributed by atoms with E-state index < -0.39 is 17.4 Å². The lowest BCUT2D eigenvalue weighted by Gasteiger charge is -2.08. The summed E-state index contributed by atoms with van der Waals surface area (Å²) in [6, 6.07) is 8.65. The highest BCUT2D eigenvalue weighted by Gasteiger charge is 2.14. The Morgan fingerprint density at radius 2 is 1.75 bits per heavy atom. The second-order valence-corrected chi connectivity index (χ2v) is 4.33. The van der Waals surface area contributed by atoms with E-state index in [-0.39, 0.29) is 11.1 Å². The number of hydrogen-bond donors (Lipinski definition) is 0. The average molecular weight is 276 g/mol. The van der Waals surface area contributed by atoms with Gasteiger partial charge in [0.2, 0.25) is 0 Å². The van der Waals surface area contributed by atoms with Gasteiger partial charge in [0.15, 0.2) is 5.78 Å². The first-order valence-corrected chi connectivity index (χ1v) is 6.26. The number of carbonyl (C=O) groups excluding carboxylic acids is 1. The number of hydrogen-bond acceptors (Lipinski definition) is 2. The molecule has 0 N–H and O–H groups in total. The SMILES string of the molecule is CCOc1ccc(-c2cc(F)c(C(C)=O)cc2F)cc1. The van der Waals surface area contributed by atoms with Gasteiger partial charge in [-0.15, -0.1) is 0 Å². The zero-order chi connectivity index (χ0) is 14.7. The molecule has 0 saturated heterocycles. The Morgan fingerprint density at radius 3 is 2.30 bits per heavy atom. The summed E-state index contributed by atoms with van der Waals surface area (Å²) >= 11 is 0. The third-order valence-electron chi connectivity index (χ3n) is 2.91. The summed E-state index contributed by atoms with van der Waals surface area (Å²) in [5.74, 6) is -1.18. The molecule has 0 fully saturated rings. The molecule has 0 aliphatic rings. The van der Waals surface area contributed by atoms with Crippen LogP contribution >= 0.6 is 0 Å². The first-order chi connectivity index (χ1) is 9.52. The summed E-state index contributed by atoms with van der Waals surface area (Å²) in [6.45, 7) is 3.60. The fourth-order valence-electron chi connectivity index (χ4n) is 1.94. The van der Waals surface area contributed by atoms with Gasteiger partial charge in [-0.1, -0.05) is 12.1 Å². The van der Waals surface area contributed by atoms with Crippen LogP contribution in [0.15, 0.2) is 36.4 Å². The Bertz CT molecular complexity index is 634. The van der Waals surface area contributed by atoms with Gasteiger partial charge in [0.1, 0.15) is 17.4 Å². The van der Waals surface area contributed by atoms with Crippen LogP contribution in [-0.4, -0.2) is 12.4 Å². The van der Waals surface area contributed by atoms with Gasteiger partial charge in [-0.3, -0.25) is 4.79 Å². The van der Waals surface area contributed by atoms with Crippen LogP contribution in [0.25, 0.3) is 11.1 Å². The van der Waals surface area contributed by atoms with E-state index in [1.54, 1.807) is 24.3 Å². The quantitative estimate of drug-likeness (QED) is 0.781. The third kappa shape index (κ3) is 2.85. The van der Waals surface area contributed by atoms with E-state index in [1.807, 2.05) is 6.92 Å². The van der Waals surface area contributed by atoms with Gasteiger partial charge in [-0.05, 0) is 43.7 Å². The molecule has 0 radical (unpaired) electrons. The molecular formula is C16H14F2O2. The fraction of sp³-hybridized carbons (Fsp3) is 0.188. The van der Waals surface area contributed by atoms with Crippen LogP contribution in [0.2, 0.25) is 0 Å². The average Bonchev–Trinajstić information content (AvgIpc) is 2.42. The van der Waals surface area contributed by atoms with Gasteiger partial charge in [-0.2, -0.15) is 0 Å². The second kappa shape index (κ2) is 5.82. The van der Waals surface area contributed by atoms with E-state index in [0.717, 1.165) is 12.1 Å². The predicted octanol–water partition coefficient (Wildman–Crippen LogP) is 4.23. The van der Waals surface area contributed by atoms with Crippen LogP contribution in [0.1, 0.15) is 24.2 Å². The molecule has 0 aromatic heterocycles. The molecule has 0 spiro atoms. The zero-order valence-electron chi connectivity index (χ0n) is 11.2. The third-order valence-corrected chi connectivity index (χ3v) is 2.91. The van der Waals surface area contributed by atoms with Crippen LogP contribution in [0, 0.1) is 11.6 Å². The molecule has 20 heavy (non-hydrogen) atoms. The molecule has 2 rings (SSSR count). The van der Waals surface area contributed by atoms with Crippen molar-refractivity contribution in [1.82, 2.24) is 0 Å².